The average Bonchev–Trinajstić information content (AvgIpc) is 3.38. The van der Waals surface area contributed by atoms with Gasteiger partial charge in [0.1, 0.15) is 0 Å². The van der Waals surface area contributed by atoms with E-state index in [9.17, 15) is 18.0 Å². The van der Waals surface area contributed by atoms with Gasteiger partial charge in [0, 0.05) is 32.6 Å². The molecule has 140 valence electrons. The Bertz CT molecular complexity index is 603. The fourth-order valence-electron chi connectivity index (χ4n) is 2.12. The van der Waals surface area contributed by atoms with Crippen LogP contribution in [0.2, 0.25) is 0 Å². The minimum Gasteiger partial charge on any atom is -0.355 e. The van der Waals surface area contributed by atoms with Crippen LogP contribution in [-0.4, -0.2) is 32.0 Å². The molecule has 0 heterocycles. The highest BCUT2D eigenvalue weighted by atomic mass is 127. The van der Waals surface area contributed by atoms with Crippen molar-refractivity contribution in [2.45, 2.75) is 25.6 Å². The summed E-state index contributed by atoms with van der Waals surface area (Å²) in [6.45, 7) is 1.18. The topological polar surface area (TPSA) is 65.5 Å². The summed E-state index contributed by atoms with van der Waals surface area (Å²) in [6, 6.07) is 5.14. The lowest BCUT2D eigenvalue weighted by Gasteiger charge is -2.13. The highest BCUT2D eigenvalue weighted by molar-refractivity contribution is 14.0. The maximum Gasteiger partial charge on any atom is 0.416 e. The Balaban J connectivity index is 0.00000312. The van der Waals surface area contributed by atoms with Crippen molar-refractivity contribution < 1.29 is 18.0 Å². The molecule has 1 fully saturated rings. The number of carbonyl (C=O) groups excluding carboxylic acids is 1. The standard InChI is InChI=1S/C16H21F3N4O.HI/c1-20-15(22-8-7-21-14(24)12-5-6-12)23-10-11-3-2-4-13(9-11)16(17,18)19;/h2-4,9,12H,5-8,10H2,1H3,(H,21,24)(H2,20,22,23);1H. The summed E-state index contributed by atoms with van der Waals surface area (Å²) in [4.78, 5) is 15.5. The van der Waals surface area contributed by atoms with Crippen molar-refractivity contribution in [1.29, 1.82) is 0 Å². The lowest BCUT2D eigenvalue weighted by atomic mass is 10.1. The maximum atomic E-state index is 12.7. The van der Waals surface area contributed by atoms with Crippen LogP contribution in [0.3, 0.4) is 0 Å². The van der Waals surface area contributed by atoms with Gasteiger partial charge in [0.05, 0.1) is 5.56 Å². The van der Waals surface area contributed by atoms with Gasteiger partial charge in [0.15, 0.2) is 5.96 Å². The van der Waals surface area contributed by atoms with Gasteiger partial charge in [-0.2, -0.15) is 13.2 Å². The van der Waals surface area contributed by atoms with Crippen molar-refractivity contribution in [2.75, 3.05) is 20.1 Å². The van der Waals surface area contributed by atoms with Crippen molar-refractivity contribution in [3.05, 3.63) is 35.4 Å². The molecule has 0 bridgehead atoms. The van der Waals surface area contributed by atoms with E-state index in [1.165, 1.54) is 6.07 Å². The monoisotopic (exact) mass is 470 g/mol. The van der Waals surface area contributed by atoms with Crippen LogP contribution < -0.4 is 16.0 Å². The Labute approximate surface area is 161 Å². The first-order valence-corrected chi connectivity index (χ1v) is 7.78. The molecule has 1 aromatic carbocycles. The normalized spacial score (nSPS) is 14.5. The van der Waals surface area contributed by atoms with E-state index < -0.39 is 11.7 Å². The first kappa shape index (κ1) is 21.5. The quantitative estimate of drug-likeness (QED) is 0.259. The number of aliphatic imine (C=N–C) groups is 1. The van der Waals surface area contributed by atoms with Gasteiger partial charge in [-0.15, -0.1) is 24.0 Å². The van der Waals surface area contributed by atoms with E-state index in [2.05, 4.69) is 20.9 Å². The number of rotatable bonds is 6. The van der Waals surface area contributed by atoms with Crippen molar-refractivity contribution in [1.82, 2.24) is 16.0 Å². The third-order valence-electron chi connectivity index (χ3n) is 3.60. The molecular formula is C16H22F3IN4O. The molecule has 2 rings (SSSR count). The number of nitrogens with zero attached hydrogens (tertiary/aromatic N) is 1. The molecular weight excluding hydrogens is 448 g/mol. The van der Waals surface area contributed by atoms with Crippen LogP contribution in [0.5, 0.6) is 0 Å². The van der Waals surface area contributed by atoms with Crippen molar-refractivity contribution in [2.24, 2.45) is 10.9 Å². The molecule has 3 N–H and O–H groups in total. The summed E-state index contributed by atoms with van der Waals surface area (Å²) in [5.41, 5.74) is -0.164. The fourth-order valence-corrected chi connectivity index (χ4v) is 2.12. The summed E-state index contributed by atoms with van der Waals surface area (Å²) in [5.74, 6) is 0.708. The second-order valence-electron chi connectivity index (χ2n) is 5.62. The number of alkyl halides is 3. The molecule has 1 aliphatic carbocycles. The lowest BCUT2D eigenvalue weighted by Crippen LogP contribution is -2.41. The van der Waals surface area contributed by atoms with Crippen molar-refractivity contribution in [3.8, 4) is 0 Å². The maximum absolute atomic E-state index is 12.7. The Morgan fingerprint density at radius 3 is 2.48 bits per heavy atom. The Hall–Kier alpha value is -1.52. The lowest BCUT2D eigenvalue weighted by molar-refractivity contribution is -0.137. The Morgan fingerprint density at radius 1 is 1.20 bits per heavy atom. The summed E-state index contributed by atoms with van der Waals surface area (Å²) < 4.78 is 38.0. The number of hydrogen-bond donors (Lipinski definition) is 3. The number of carbonyl (C=O) groups is 1. The van der Waals surface area contributed by atoms with E-state index >= 15 is 0 Å². The third kappa shape index (κ3) is 7.49. The van der Waals surface area contributed by atoms with E-state index in [4.69, 9.17) is 0 Å². The molecule has 0 aliphatic heterocycles. The molecule has 0 atom stereocenters. The number of hydrogen-bond acceptors (Lipinski definition) is 2. The van der Waals surface area contributed by atoms with Gasteiger partial charge < -0.3 is 16.0 Å². The first-order valence-electron chi connectivity index (χ1n) is 7.78. The zero-order valence-corrected chi connectivity index (χ0v) is 16.2. The van der Waals surface area contributed by atoms with Crippen LogP contribution in [0.1, 0.15) is 24.0 Å². The van der Waals surface area contributed by atoms with Crippen LogP contribution in [-0.2, 0) is 17.5 Å². The van der Waals surface area contributed by atoms with Crippen LogP contribution in [0, 0.1) is 5.92 Å². The van der Waals surface area contributed by atoms with Gasteiger partial charge in [-0.1, -0.05) is 12.1 Å². The molecule has 5 nitrogen and oxygen atoms in total. The predicted octanol–water partition coefficient (Wildman–Crippen LogP) is 2.51. The summed E-state index contributed by atoms with van der Waals surface area (Å²) >= 11 is 0. The van der Waals surface area contributed by atoms with E-state index in [0.29, 0.717) is 24.6 Å². The zero-order valence-electron chi connectivity index (χ0n) is 13.8. The van der Waals surface area contributed by atoms with E-state index in [1.807, 2.05) is 0 Å². The number of nitrogens with one attached hydrogen (secondary N) is 3. The molecule has 0 aromatic heterocycles. The van der Waals surface area contributed by atoms with Crippen LogP contribution >= 0.6 is 24.0 Å². The average molecular weight is 470 g/mol. The number of guanidine groups is 1. The number of benzene rings is 1. The smallest absolute Gasteiger partial charge is 0.355 e. The van der Waals surface area contributed by atoms with E-state index in [1.54, 1.807) is 13.1 Å². The van der Waals surface area contributed by atoms with Crippen LogP contribution in [0.25, 0.3) is 0 Å². The highest BCUT2D eigenvalue weighted by Crippen LogP contribution is 2.29. The summed E-state index contributed by atoms with van der Waals surface area (Å²) in [7, 11) is 1.57. The SMILES string of the molecule is CN=C(NCCNC(=O)C1CC1)NCc1cccc(C(F)(F)F)c1.I. The summed E-state index contributed by atoms with van der Waals surface area (Å²) in [5, 5.41) is 8.76. The van der Waals surface area contributed by atoms with Crippen molar-refractivity contribution >= 4 is 35.8 Å². The van der Waals surface area contributed by atoms with Crippen LogP contribution in [0.4, 0.5) is 13.2 Å². The molecule has 0 spiro atoms. The van der Waals surface area contributed by atoms with Gasteiger partial charge >= 0.3 is 6.18 Å². The number of amides is 1. The van der Waals surface area contributed by atoms with Gasteiger partial charge in [0.2, 0.25) is 5.91 Å². The minimum absolute atomic E-state index is 0. The molecule has 1 saturated carbocycles. The van der Waals surface area contributed by atoms with Gasteiger partial charge in [-0.3, -0.25) is 9.79 Å². The fraction of sp³-hybridized carbons (Fsp3) is 0.500. The largest absolute Gasteiger partial charge is 0.416 e. The molecule has 25 heavy (non-hydrogen) atoms. The first-order chi connectivity index (χ1) is 11.4. The zero-order chi connectivity index (χ0) is 17.6. The van der Waals surface area contributed by atoms with Crippen molar-refractivity contribution in [3.63, 3.8) is 0 Å². The molecule has 1 aromatic rings. The van der Waals surface area contributed by atoms with E-state index in [0.717, 1.165) is 25.0 Å². The molecule has 9 heteroatoms. The molecule has 1 amide bonds. The van der Waals surface area contributed by atoms with E-state index in [-0.39, 0.29) is 42.3 Å². The van der Waals surface area contributed by atoms with Gasteiger partial charge in [-0.25, -0.2) is 0 Å². The van der Waals surface area contributed by atoms with Gasteiger partial charge in [0.25, 0.3) is 0 Å². The Kier molecular flexibility index (Phi) is 8.46. The molecule has 0 unspecified atom stereocenters. The predicted molar refractivity (Wildman–Crippen MR) is 101 cm³/mol. The third-order valence-corrected chi connectivity index (χ3v) is 3.60. The van der Waals surface area contributed by atoms with Crippen LogP contribution in [0.15, 0.2) is 29.3 Å². The minimum atomic E-state index is -4.35. The second-order valence-corrected chi connectivity index (χ2v) is 5.62. The molecule has 0 saturated heterocycles. The second kappa shape index (κ2) is 9.83. The summed E-state index contributed by atoms with van der Waals surface area (Å²) in [6.07, 6.45) is -2.44. The highest BCUT2D eigenvalue weighted by Gasteiger charge is 2.30. The molecule has 1 aliphatic rings. The number of halogens is 4. The Morgan fingerprint density at radius 2 is 1.88 bits per heavy atom. The van der Waals surface area contributed by atoms with Gasteiger partial charge in [-0.05, 0) is 30.5 Å². The molecule has 0 radical (unpaired) electrons.